The van der Waals surface area contributed by atoms with Crippen molar-refractivity contribution < 1.29 is 14.7 Å². The second kappa shape index (κ2) is 13.7. The molecule has 2 amide bonds. The number of aliphatic hydroxyl groups is 1. The van der Waals surface area contributed by atoms with E-state index < -0.39 is 6.04 Å². The van der Waals surface area contributed by atoms with Crippen LogP contribution in [-0.2, 0) is 11.3 Å². The van der Waals surface area contributed by atoms with Crippen LogP contribution in [0, 0.1) is 0 Å². The van der Waals surface area contributed by atoms with Crippen LogP contribution in [0.5, 0.6) is 0 Å². The molecule has 0 aromatic heterocycles. The number of nitrogens with zero attached hydrogens (tertiary/aromatic N) is 1. The van der Waals surface area contributed by atoms with Gasteiger partial charge < -0.3 is 26.0 Å². The number of carbonyl (C=O) groups excluding carboxylic acids is 2. The van der Waals surface area contributed by atoms with Crippen LogP contribution < -0.4 is 16.0 Å². The lowest BCUT2D eigenvalue weighted by Gasteiger charge is -2.25. The zero-order chi connectivity index (χ0) is 25.4. The Hall–Kier alpha value is -1.58. The van der Waals surface area contributed by atoms with Crippen LogP contribution in [0.4, 0.5) is 0 Å². The van der Waals surface area contributed by atoms with Gasteiger partial charge in [-0.3, -0.25) is 9.59 Å². The number of rotatable bonds is 10. The summed E-state index contributed by atoms with van der Waals surface area (Å²) in [6.07, 6.45) is 1.17. The van der Waals surface area contributed by atoms with Crippen LogP contribution >= 0.6 is 46.4 Å². The van der Waals surface area contributed by atoms with Crippen molar-refractivity contribution >= 4 is 58.2 Å². The van der Waals surface area contributed by atoms with E-state index >= 15 is 0 Å². The van der Waals surface area contributed by atoms with Crippen molar-refractivity contribution in [3.8, 4) is 0 Å². The van der Waals surface area contributed by atoms with Gasteiger partial charge in [0.05, 0.1) is 22.7 Å². The average Bonchev–Trinajstić information content (AvgIpc) is 2.95. The number of halogens is 4. The predicted octanol–water partition coefficient (Wildman–Crippen LogP) is 3.76. The van der Waals surface area contributed by atoms with E-state index in [4.69, 9.17) is 51.5 Å². The first-order valence-corrected chi connectivity index (χ1v) is 12.8. The van der Waals surface area contributed by atoms with Crippen molar-refractivity contribution in [1.82, 2.24) is 20.9 Å². The van der Waals surface area contributed by atoms with Crippen molar-refractivity contribution in [3.05, 3.63) is 67.6 Å². The highest BCUT2D eigenvalue weighted by Gasteiger charge is 2.31. The number of benzene rings is 2. The summed E-state index contributed by atoms with van der Waals surface area (Å²) in [5, 5.41) is 20.2. The molecule has 4 N–H and O–H groups in total. The molecule has 190 valence electrons. The van der Waals surface area contributed by atoms with Gasteiger partial charge in [-0.1, -0.05) is 46.4 Å². The van der Waals surface area contributed by atoms with Crippen LogP contribution in [0.1, 0.15) is 28.8 Å². The van der Waals surface area contributed by atoms with Crippen molar-refractivity contribution in [3.63, 3.8) is 0 Å². The van der Waals surface area contributed by atoms with E-state index in [0.717, 1.165) is 5.56 Å². The fraction of sp³-hybridized carbons (Fsp3) is 0.417. The van der Waals surface area contributed by atoms with Crippen LogP contribution in [0.25, 0.3) is 0 Å². The Balaban J connectivity index is 1.68. The van der Waals surface area contributed by atoms with E-state index in [0.29, 0.717) is 71.2 Å². The molecule has 1 aliphatic heterocycles. The van der Waals surface area contributed by atoms with Crippen LogP contribution in [0.2, 0.25) is 20.1 Å². The number of aliphatic hydroxyl groups excluding tert-OH is 1. The summed E-state index contributed by atoms with van der Waals surface area (Å²) in [5.74, 6) is -0.308. The number of nitrogens with one attached hydrogen (secondary N) is 3. The molecular formula is C24H28Cl4N4O3. The molecule has 0 unspecified atom stereocenters. The largest absolute Gasteiger partial charge is 0.395 e. The Morgan fingerprint density at radius 3 is 2.49 bits per heavy atom. The molecule has 11 heteroatoms. The summed E-state index contributed by atoms with van der Waals surface area (Å²) in [6, 6.07) is 9.39. The van der Waals surface area contributed by atoms with Gasteiger partial charge >= 0.3 is 0 Å². The SMILES string of the molecule is O=C(NC[C@@H]1CCN(Cc2cc(Cl)cc(Cl)c2)C(=O)[C@H](CCNCCO)N1)c1ccc(Cl)c(Cl)c1. The Morgan fingerprint density at radius 1 is 1.06 bits per heavy atom. The Labute approximate surface area is 225 Å². The predicted molar refractivity (Wildman–Crippen MR) is 141 cm³/mol. The first kappa shape index (κ1) is 28.0. The minimum atomic E-state index is -0.453. The fourth-order valence-corrected chi connectivity index (χ4v) is 4.80. The lowest BCUT2D eigenvalue weighted by molar-refractivity contribution is -0.133. The molecule has 2 atom stereocenters. The maximum atomic E-state index is 13.4. The molecule has 0 spiro atoms. The molecular weight excluding hydrogens is 534 g/mol. The molecule has 1 fully saturated rings. The molecule has 0 saturated carbocycles. The van der Waals surface area contributed by atoms with Gasteiger partial charge in [0.2, 0.25) is 5.91 Å². The summed E-state index contributed by atoms with van der Waals surface area (Å²) in [6.45, 7) is 2.26. The molecule has 1 aliphatic rings. The highest BCUT2D eigenvalue weighted by atomic mass is 35.5. The first-order chi connectivity index (χ1) is 16.8. The molecule has 3 rings (SSSR count). The number of hydrogen-bond donors (Lipinski definition) is 4. The smallest absolute Gasteiger partial charge is 0.251 e. The van der Waals surface area contributed by atoms with Crippen LogP contribution in [0.3, 0.4) is 0 Å². The van der Waals surface area contributed by atoms with Gasteiger partial charge in [-0.05, 0) is 61.3 Å². The van der Waals surface area contributed by atoms with E-state index in [1.54, 1.807) is 35.2 Å². The van der Waals surface area contributed by atoms with E-state index in [-0.39, 0.29) is 24.5 Å². The standard InChI is InChI=1S/C24H28Cl4N4O3/c25-17-9-15(10-18(26)12-17)14-32-7-4-19(31-22(24(32)35)3-5-29-6-8-33)13-30-23(34)16-1-2-20(27)21(28)11-16/h1-2,9-12,19,22,29,31,33H,3-8,13-14H2,(H,30,34)/t19-,22-/m0/s1. The molecule has 1 heterocycles. The maximum Gasteiger partial charge on any atom is 0.251 e. The number of amides is 2. The van der Waals surface area contributed by atoms with Crippen LogP contribution in [0.15, 0.2) is 36.4 Å². The van der Waals surface area contributed by atoms with E-state index in [9.17, 15) is 9.59 Å². The van der Waals surface area contributed by atoms with Crippen molar-refractivity contribution in [2.24, 2.45) is 0 Å². The molecule has 2 aromatic rings. The molecule has 0 radical (unpaired) electrons. The Morgan fingerprint density at radius 2 is 1.80 bits per heavy atom. The minimum Gasteiger partial charge on any atom is -0.395 e. The van der Waals surface area contributed by atoms with Gasteiger partial charge in [-0.25, -0.2) is 0 Å². The fourth-order valence-electron chi connectivity index (χ4n) is 3.93. The van der Waals surface area contributed by atoms with Crippen LogP contribution in [-0.4, -0.2) is 66.7 Å². The molecule has 2 aromatic carbocycles. The monoisotopic (exact) mass is 560 g/mol. The van der Waals surface area contributed by atoms with Crippen molar-refractivity contribution in [2.75, 3.05) is 32.8 Å². The second-order valence-corrected chi connectivity index (χ2v) is 10.0. The highest BCUT2D eigenvalue weighted by molar-refractivity contribution is 6.42. The lowest BCUT2D eigenvalue weighted by Crippen LogP contribution is -2.49. The van der Waals surface area contributed by atoms with E-state index in [1.165, 1.54) is 6.07 Å². The van der Waals surface area contributed by atoms with Gasteiger partial charge in [0.15, 0.2) is 0 Å². The highest BCUT2D eigenvalue weighted by Crippen LogP contribution is 2.23. The third kappa shape index (κ3) is 8.50. The normalized spacial score (nSPS) is 18.4. The van der Waals surface area contributed by atoms with Crippen molar-refractivity contribution in [2.45, 2.75) is 31.5 Å². The molecule has 0 aliphatic carbocycles. The summed E-state index contributed by atoms with van der Waals surface area (Å²) in [5.41, 5.74) is 1.26. The van der Waals surface area contributed by atoms with Gasteiger partial charge in [-0.2, -0.15) is 0 Å². The van der Waals surface area contributed by atoms with Gasteiger partial charge in [0, 0.05) is 47.8 Å². The second-order valence-electron chi connectivity index (χ2n) is 8.34. The van der Waals surface area contributed by atoms with E-state index in [2.05, 4.69) is 16.0 Å². The molecule has 1 saturated heterocycles. The third-order valence-electron chi connectivity index (χ3n) is 5.68. The Kier molecular flexibility index (Phi) is 10.9. The summed E-state index contributed by atoms with van der Waals surface area (Å²) in [4.78, 5) is 27.8. The minimum absolute atomic E-state index is 0.0249. The summed E-state index contributed by atoms with van der Waals surface area (Å²) < 4.78 is 0. The van der Waals surface area contributed by atoms with Gasteiger partial charge in [-0.15, -0.1) is 0 Å². The maximum absolute atomic E-state index is 13.4. The zero-order valence-electron chi connectivity index (χ0n) is 19.0. The quantitative estimate of drug-likeness (QED) is 0.331. The number of carbonyl (C=O) groups is 2. The lowest BCUT2D eigenvalue weighted by atomic mass is 10.1. The summed E-state index contributed by atoms with van der Waals surface area (Å²) in [7, 11) is 0. The Bertz CT molecular complexity index is 1020. The average molecular weight is 562 g/mol. The van der Waals surface area contributed by atoms with Crippen molar-refractivity contribution in [1.29, 1.82) is 0 Å². The zero-order valence-corrected chi connectivity index (χ0v) is 22.0. The summed E-state index contributed by atoms with van der Waals surface area (Å²) >= 11 is 24.3. The number of hydrogen-bond acceptors (Lipinski definition) is 5. The molecule has 35 heavy (non-hydrogen) atoms. The molecule has 0 bridgehead atoms. The van der Waals surface area contributed by atoms with Gasteiger partial charge in [0.25, 0.3) is 5.91 Å². The third-order valence-corrected chi connectivity index (χ3v) is 6.85. The molecule has 7 nitrogen and oxygen atoms in total. The van der Waals surface area contributed by atoms with Gasteiger partial charge in [0.1, 0.15) is 0 Å². The first-order valence-electron chi connectivity index (χ1n) is 11.3. The topological polar surface area (TPSA) is 93.7 Å². The van der Waals surface area contributed by atoms with E-state index in [1.807, 2.05) is 0 Å².